The van der Waals surface area contributed by atoms with Crippen LogP contribution in [-0.2, 0) is 11.3 Å². The van der Waals surface area contributed by atoms with Gasteiger partial charge >= 0.3 is 0 Å². The molecule has 0 saturated heterocycles. The number of nitrogens with two attached hydrogens (primary N) is 3. The number of fused-ring (bicyclic) bond motifs is 5. The highest BCUT2D eigenvalue weighted by Crippen LogP contribution is 2.38. The Morgan fingerprint density at radius 2 is 1.67 bits per heavy atom. The number of rotatable bonds is 8. The molecule has 0 aliphatic heterocycles. The van der Waals surface area contributed by atoms with Gasteiger partial charge in [-0.2, -0.15) is 0 Å². The quantitative estimate of drug-likeness (QED) is 0.177. The molecule has 0 radical (unpaired) electrons. The van der Waals surface area contributed by atoms with Crippen molar-refractivity contribution in [2.24, 2.45) is 22.2 Å². The fourth-order valence-corrected chi connectivity index (χ4v) is 4.22. The van der Waals surface area contributed by atoms with Gasteiger partial charge in [-0.3, -0.25) is 19.4 Å². The Morgan fingerprint density at radius 3 is 2.39 bits per heavy atom. The maximum atomic E-state index is 13.3. The number of guanidine groups is 1. The van der Waals surface area contributed by atoms with Gasteiger partial charge in [0.05, 0.1) is 17.3 Å². The van der Waals surface area contributed by atoms with E-state index in [9.17, 15) is 14.4 Å². The maximum Gasteiger partial charge on any atom is 0.259 e. The summed E-state index contributed by atoms with van der Waals surface area (Å²) in [4.78, 5) is 42.8. The highest BCUT2D eigenvalue weighted by molar-refractivity contribution is 6.26. The Kier molecular flexibility index (Phi) is 6.23. The number of pyridine rings is 1. The van der Waals surface area contributed by atoms with Crippen molar-refractivity contribution in [3.05, 3.63) is 70.0 Å². The van der Waals surface area contributed by atoms with E-state index in [0.717, 1.165) is 5.56 Å². The molecule has 33 heavy (non-hydrogen) atoms. The molecule has 0 spiro atoms. The molecule has 3 aromatic rings. The second-order valence-electron chi connectivity index (χ2n) is 7.95. The molecule has 9 heteroatoms. The minimum Gasteiger partial charge on any atom is -0.370 e. The van der Waals surface area contributed by atoms with E-state index in [4.69, 9.17) is 17.2 Å². The second-order valence-corrected chi connectivity index (χ2v) is 7.95. The number of nitrogens with zero attached hydrogens (tertiary/aromatic N) is 2. The number of benzene rings is 2. The van der Waals surface area contributed by atoms with Crippen LogP contribution in [-0.4, -0.2) is 41.3 Å². The van der Waals surface area contributed by atoms with Gasteiger partial charge < -0.3 is 27.1 Å². The number of ketones is 1. The first-order valence-electron chi connectivity index (χ1n) is 10.8. The number of amides is 1. The molecule has 9 nitrogen and oxygen atoms in total. The van der Waals surface area contributed by atoms with Crippen LogP contribution in [0.1, 0.15) is 28.8 Å². The summed E-state index contributed by atoms with van der Waals surface area (Å²) in [5.41, 5.74) is 18.7. The number of nitrogens with one attached hydrogen (secondary N) is 1. The van der Waals surface area contributed by atoms with Crippen LogP contribution in [0.25, 0.3) is 22.0 Å². The van der Waals surface area contributed by atoms with Crippen LogP contribution in [0.3, 0.4) is 0 Å². The monoisotopic (exact) mass is 446 g/mol. The lowest BCUT2D eigenvalue weighted by Gasteiger charge is -2.16. The smallest absolute Gasteiger partial charge is 0.259 e. The lowest BCUT2D eigenvalue weighted by atomic mass is 10.0. The molecular weight excluding hydrogens is 420 g/mol. The highest BCUT2D eigenvalue weighted by Gasteiger charge is 2.32. The van der Waals surface area contributed by atoms with Crippen LogP contribution in [0.5, 0.6) is 0 Å². The Bertz CT molecular complexity index is 1320. The number of carbonyl (C=O) groups excluding carboxylic acids is 2. The molecule has 0 fully saturated rings. The van der Waals surface area contributed by atoms with Crippen molar-refractivity contribution in [1.29, 1.82) is 0 Å². The summed E-state index contributed by atoms with van der Waals surface area (Å²) in [6.07, 6.45) is 0.999. The third kappa shape index (κ3) is 4.22. The van der Waals surface area contributed by atoms with Gasteiger partial charge in [-0.15, -0.1) is 0 Å². The SMILES string of the molecule is NC(N)=NCCCC(N)C(=O)NCCn1c2c(c3ccccc3c1=O)C(=O)c1ccccc1-2. The molecular formula is C24H26N6O3. The zero-order valence-corrected chi connectivity index (χ0v) is 18.1. The van der Waals surface area contributed by atoms with E-state index < -0.39 is 6.04 Å². The maximum absolute atomic E-state index is 13.3. The van der Waals surface area contributed by atoms with Crippen molar-refractivity contribution in [1.82, 2.24) is 9.88 Å². The minimum atomic E-state index is -0.708. The zero-order chi connectivity index (χ0) is 23.5. The molecule has 1 heterocycles. The molecule has 7 N–H and O–H groups in total. The molecule has 1 aliphatic rings. The van der Waals surface area contributed by atoms with E-state index >= 15 is 0 Å². The van der Waals surface area contributed by atoms with Gasteiger partial charge in [0.15, 0.2) is 11.7 Å². The summed E-state index contributed by atoms with van der Waals surface area (Å²) in [6, 6.07) is 13.7. The number of aliphatic imine (C=N–C) groups is 1. The average Bonchev–Trinajstić information content (AvgIpc) is 3.11. The summed E-state index contributed by atoms with van der Waals surface area (Å²) in [6.45, 7) is 0.803. The summed E-state index contributed by atoms with van der Waals surface area (Å²) in [5.74, 6) is -0.416. The Morgan fingerprint density at radius 1 is 1.00 bits per heavy atom. The zero-order valence-electron chi connectivity index (χ0n) is 18.1. The first-order valence-corrected chi connectivity index (χ1v) is 10.8. The molecule has 0 bridgehead atoms. The lowest BCUT2D eigenvalue weighted by Crippen LogP contribution is -2.42. The predicted molar refractivity (Wildman–Crippen MR) is 128 cm³/mol. The molecule has 1 unspecified atom stereocenters. The third-order valence-electron chi connectivity index (χ3n) is 5.77. The lowest BCUT2D eigenvalue weighted by molar-refractivity contribution is -0.122. The Hall–Kier alpha value is -3.98. The molecule has 0 saturated carbocycles. The summed E-state index contributed by atoms with van der Waals surface area (Å²) >= 11 is 0. The van der Waals surface area contributed by atoms with Crippen molar-refractivity contribution in [3.8, 4) is 11.3 Å². The van der Waals surface area contributed by atoms with Gasteiger partial charge in [0.25, 0.3) is 5.56 Å². The Labute approximate surface area is 190 Å². The van der Waals surface area contributed by atoms with E-state index in [1.54, 1.807) is 28.8 Å². The van der Waals surface area contributed by atoms with Crippen LogP contribution < -0.4 is 28.1 Å². The number of hydrogen-bond acceptors (Lipinski definition) is 5. The third-order valence-corrected chi connectivity index (χ3v) is 5.77. The van der Waals surface area contributed by atoms with Gasteiger partial charge in [0.2, 0.25) is 5.91 Å². The summed E-state index contributed by atoms with van der Waals surface area (Å²) in [5, 5.41) is 3.90. The topological polar surface area (TPSA) is 159 Å². The van der Waals surface area contributed by atoms with E-state index in [0.29, 0.717) is 47.0 Å². The number of aromatic nitrogens is 1. The largest absolute Gasteiger partial charge is 0.370 e. The normalized spacial score (nSPS) is 12.8. The molecule has 1 aromatic heterocycles. The van der Waals surface area contributed by atoms with Crippen LogP contribution >= 0.6 is 0 Å². The summed E-state index contributed by atoms with van der Waals surface area (Å²) in [7, 11) is 0. The standard InChI is InChI=1S/C24H26N6O3/c25-18(10-5-11-29-24(26)27)22(32)28-12-13-30-20-15-7-2-3-8-16(15)21(31)19(20)14-6-1-4-9-17(14)23(30)33/h1-4,6-9,18H,5,10-13,25H2,(H,28,32)(H4,26,27,29). The first kappa shape index (κ1) is 22.2. The first-order chi connectivity index (χ1) is 15.9. The van der Waals surface area contributed by atoms with Crippen molar-refractivity contribution in [3.63, 3.8) is 0 Å². The molecule has 4 rings (SSSR count). The van der Waals surface area contributed by atoms with Crippen molar-refractivity contribution >= 4 is 28.4 Å². The number of hydrogen-bond donors (Lipinski definition) is 4. The Balaban J connectivity index is 1.57. The minimum absolute atomic E-state index is 0.00133. The van der Waals surface area contributed by atoms with Crippen LogP contribution in [0.2, 0.25) is 0 Å². The van der Waals surface area contributed by atoms with E-state index in [1.165, 1.54) is 0 Å². The number of carbonyl (C=O) groups is 2. The van der Waals surface area contributed by atoms with Gasteiger partial charge in [0, 0.05) is 41.5 Å². The van der Waals surface area contributed by atoms with E-state index in [1.807, 2.05) is 24.3 Å². The molecule has 2 aromatic carbocycles. The van der Waals surface area contributed by atoms with Gasteiger partial charge in [-0.1, -0.05) is 42.5 Å². The van der Waals surface area contributed by atoms with Crippen LogP contribution in [0, 0.1) is 0 Å². The van der Waals surface area contributed by atoms with Gasteiger partial charge in [-0.05, 0) is 18.9 Å². The fourth-order valence-electron chi connectivity index (χ4n) is 4.22. The van der Waals surface area contributed by atoms with E-state index in [2.05, 4.69) is 10.3 Å². The predicted octanol–water partition coefficient (Wildman–Crippen LogP) is 0.710. The van der Waals surface area contributed by atoms with Crippen LogP contribution in [0.15, 0.2) is 58.3 Å². The molecule has 170 valence electrons. The van der Waals surface area contributed by atoms with Gasteiger partial charge in [-0.25, -0.2) is 0 Å². The molecule has 1 atom stereocenters. The van der Waals surface area contributed by atoms with Crippen molar-refractivity contribution < 1.29 is 9.59 Å². The highest BCUT2D eigenvalue weighted by atomic mass is 16.2. The molecule has 1 aliphatic carbocycles. The molecule has 1 amide bonds. The van der Waals surface area contributed by atoms with Crippen LogP contribution in [0.4, 0.5) is 0 Å². The van der Waals surface area contributed by atoms with Gasteiger partial charge in [0.1, 0.15) is 0 Å². The summed E-state index contributed by atoms with van der Waals surface area (Å²) < 4.78 is 1.58. The van der Waals surface area contributed by atoms with Crippen molar-refractivity contribution in [2.75, 3.05) is 13.1 Å². The van der Waals surface area contributed by atoms with Crippen molar-refractivity contribution in [2.45, 2.75) is 25.4 Å². The average molecular weight is 447 g/mol. The fraction of sp³-hybridized carbons (Fsp3) is 0.250. The second kappa shape index (κ2) is 9.25. The van der Waals surface area contributed by atoms with E-state index in [-0.39, 0.29) is 36.3 Å².